The van der Waals surface area contributed by atoms with E-state index in [1.807, 2.05) is 13.8 Å². The van der Waals surface area contributed by atoms with E-state index in [-0.39, 0.29) is 5.91 Å². The molecular formula is C13H24N2O5. The average Bonchev–Trinajstić information content (AvgIpc) is 2.29. The second kappa shape index (κ2) is 8.52. The summed E-state index contributed by atoms with van der Waals surface area (Å²) >= 11 is 0. The van der Waals surface area contributed by atoms with Crippen LogP contribution in [0.5, 0.6) is 0 Å². The molecule has 0 heterocycles. The van der Waals surface area contributed by atoms with E-state index >= 15 is 0 Å². The van der Waals surface area contributed by atoms with E-state index in [2.05, 4.69) is 10.6 Å². The predicted octanol–water partition coefficient (Wildman–Crippen LogP) is -0.122. The summed E-state index contributed by atoms with van der Waals surface area (Å²) in [5.41, 5.74) is 0. The smallest absolute Gasteiger partial charge is 0.328 e. The van der Waals surface area contributed by atoms with Crippen molar-refractivity contribution in [2.24, 2.45) is 5.92 Å². The molecule has 0 radical (unpaired) electrons. The summed E-state index contributed by atoms with van der Waals surface area (Å²) in [7, 11) is 0. The van der Waals surface area contributed by atoms with Crippen LogP contribution in [0.15, 0.2) is 0 Å². The number of aliphatic hydroxyl groups is 1. The Kier molecular flexibility index (Phi) is 7.83. The van der Waals surface area contributed by atoms with E-state index in [1.54, 1.807) is 0 Å². The molecule has 20 heavy (non-hydrogen) atoms. The summed E-state index contributed by atoms with van der Waals surface area (Å²) in [5.74, 6) is -1.93. The molecule has 0 saturated carbocycles. The van der Waals surface area contributed by atoms with Crippen molar-refractivity contribution in [1.82, 2.24) is 10.6 Å². The van der Waals surface area contributed by atoms with Crippen LogP contribution in [0.4, 0.5) is 0 Å². The molecule has 7 heteroatoms. The number of carboxylic acid groups (broad SMARTS) is 1. The zero-order chi connectivity index (χ0) is 15.9. The van der Waals surface area contributed by atoms with Crippen LogP contribution in [0.3, 0.4) is 0 Å². The van der Waals surface area contributed by atoms with Crippen LogP contribution in [0, 0.1) is 5.92 Å². The van der Waals surface area contributed by atoms with Gasteiger partial charge < -0.3 is 20.8 Å². The number of aliphatic carboxylic acids is 1. The minimum atomic E-state index is -1.39. The van der Waals surface area contributed by atoms with Gasteiger partial charge in [0.1, 0.15) is 6.04 Å². The van der Waals surface area contributed by atoms with E-state index in [1.165, 1.54) is 13.8 Å². The van der Waals surface area contributed by atoms with Crippen LogP contribution in [-0.4, -0.2) is 46.2 Å². The van der Waals surface area contributed by atoms with Crippen LogP contribution in [0.25, 0.3) is 0 Å². The molecule has 0 spiro atoms. The van der Waals surface area contributed by atoms with Crippen molar-refractivity contribution in [2.45, 2.75) is 58.7 Å². The van der Waals surface area contributed by atoms with Gasteiger partial charge in [-0.15, -0.1) is 0 Å². The molecule has 0 aliphatic rings. The molecule has 116 valence electrons. The van der Waals surface area contributed by atoms with Crippen molar-refractivity contribution in [3.05, 3.63) is 0 Å². The summed E-state index contributed by atoms with van der Waals surface area (Å²) in [5, 5.41) is 23.0. The molecule has 0 bridgehead atoms. The summed E-state index contributed by atoms with van der Waals surface area (Å²) in [6.07, 6.45) is -0.0976. The highest BCUT2D eigenvalue weighted by Gasteiger charge is 2.28. The van der Waals surface area contributed by atoms with Crippen LogP contribution in [-0.2, 0) is 14.4 Å². The standard InChI is InChI=1S/C13H24N2O5/c1-7(2)5-6-10(14-9(4)17)12(18)15-11(8(3)16)13(19)20/h7-8,10-11,16H,5-6H2,1-4H3,(H,14,17)(H,15,18)(H,19,20)/t8-,10+,11+/m1/s1. The predicted molar refractivity (Wildman–Crippen MR) is 72.9 cm³/mol. The third-order valence-electron chi connectivity index (χ3n) is 2.77. The SMILES string of the molecule is CC(=O)N[C@@H](CCC(C)C)C(=O)N[C@H](C(=O)O)[C@@H](C)O. The summed E-state index contributed by atoms with van der Waals surface area (Å²) in [4.78, 5) is 34.0. The Morgan fingerprint density at radius 3 is 1.95 bits per heavy atom. The van der Waals surface area contributed by atoms with Crippen molar-refractivity contribution < 1.29 is 24.6 Å². The minimum absolute atomic E-state index is 0.353. The van der Waals surface area contributed by atoms with E-state index < -0.39 is 30.1 Å². The van der Waals surface area contributed by atoms with Crippen molar-refractivity contribution in [3.8, 4) is 0 Å². The minimum Gasteiger partial charge on any atom is -0.480 e. The number of hydrogen-bond donors (Lipinski definition) is 4. The molecule has 0 aromatic carbocycles. The van der Waals surface area contributed by atoms with Gasteiger partial charge in [-0.2, -0.15) is 0 Å². The molecule has 4 N–H and O–H groups in total. The highest BCUT2D eigenvalue weighted by molar-refractivity contribution is 5.90. The van der Waals surface area contributed by atoms with E-state index in [0.29, 0.717) is 18.8 Å². The van der Waals surface area contributed by atoms with Crippen molar-refractivity contribution in [1.29, 1.82) is 0 Å². The summed E-state index contributed by atoms with van der Waals surface area (Å²) < 4.78 is 0. The van der Waals surface area contributed by atoms with Gasteiger partial charge in [-0.1, -0.05) is 13.8 Å². The van der Waals surface area contributed by atoms with Crippen molar-refractivity contribution in [3.63, 3.8) is 0 Å². The normalized spacial score (nSPS) is 15.3. The molecule has 3 atom stereocenters. The largest absolute Gasteiger partial charge is 0.480 e. The maximum Gasteiger partial charge on any atom is 0.328 e. The summed E-state index contributed by atoms with van der Waals surface area (Å²) in [6, 6.07) is -2.19. The number of aliphatic hydroxyl groups excluding tert-OH is 1. The molecule has 0 aromatic heterocycles. The highest BCUT2D eigenvalue weighted by Crippen LogP contribution is 2.08. The fourth-order valence-electron chi connectivity index (χ4n) is 1.66. The first-order chi connectivity index (χ1) is 9.15. The van der Waals surface area contributed by atoms with Crippen LogP contribution >= 0.6 is 0 Å². The summed E-state index contributed by atoms with van der Waals surface area (Å²) in [6.45, 7) is 6.54. The lowest BCUT2D eigenvalue weighted by Gasteiger charge is -2.22. The number of amides is 2. The van der Waals surface area contributed by atoms with Crippen molar-refractivity contribution in [2.75, 3.05) is 0 Å². The first-order valence-corrected chi connectivity index (χ1v) is 6.63. The first-order valence-electron chi connectivity index (χ1n) is 6.63. The van der Waals surface area contributed by atoms with Crippen LogP contribution in [0.1, 0.15) is 40.5 Å². The van der Waals surface area contributed by atoms with Gasteiger partial charge in [0, 0.05) is 6.92 Å². The third-order valence-corrected chi connectivity index (χ3v) is 2.77. The fraction of sp³-hybridized carbons (Fsp3) is 0.769. The van der Waals surface area contributed by atoms with Gasteiger partial charge >= 0.3 is 5.97 Å². The molecule has 0 aromatic rings. The average molecular weight is 288 g/mol. The zero-order valence-corrected chi connectivity index (χ0v) is 12.3. The Bertz CT molecular complexity index is 355. The van der Waals surface area contributed by atoms with E-state index in [9.17, 15) is 19.5 Å². The molecule has 7 nitrogen and oxygen atoms in total. The molecular weight excluding hydrogens is 264 g/mol. The zero-order valence-electron chi connectivity index (χ0n) is 12.3. The number of nitrogens with one attached hydrogen (secondary N) is 2. The topological polar surface area (TPSA) is 116 Å². The number of carbonyl (C=O) groups excluding carboxylic acids is 2. The monoisotopic (exact) mass is 288 g/mol. The second-order valence-electron chi connectivity index (χ2n) is 5.29. The van der Waals surface area contributed by atoms with Crippen LogP contribution in [0.2, 0.25) is 0 Å². The van der Waals surface area contributed by atoms with Gasteiger partial charge in [-0.05, 0) is 25.7 Å². The highest BCUT2D eigenvalue weighted by atomic mass is 16.4. The Balaban J connectivity index is 4.75. The molecule has 2 amide bonds. The molecule has 0 aliphatic carbocycles. The number of hydrogen-bond acceptors (Lipinski definition) is 4. The number of carboxylic acids is 1. The maximum atomic E-state index is 12.0. The Hall–Kier alpha value is -1.63. The van der Waals surface area contributed by atoms with Crippen LogP contribution < -0.4 is 10.6 Å². The maximum absolute atomic E-state index is 12.0. The van der Waals surface area contributed by atoms with Gasteiger partial charge in [-0.25, -0.2) is 4.79 Å². The van der Waals surface area contributed by atoms with Gasteiger partial charge in [0.05, 0.1) is 6.10 Å². The van der Waals surface area contributed by atoms with E-state index in [4.69, 9.17) is 5.11 Å². The number of rotatable bonds is 8. The Labute approximate surface area is 118 Å². The lowest BCUT2D eigenvalue weighted by molar-refractivity contribution is -0.145. The molecule has 0 fully saturated rings. The molecule has 0 saturated heterocycles. The Morgan fingerprint density at radius 1 is 1.05 bits per heavy atom. The van der Waals surface area contributed by atoms with Crippen molar-refractivity contribution >= 4 is 17.8 Å². The second-order valence-corrected chi connectivity index (χ2v) is 5.29. The van der Waals surface area contributed by atoms with Gasteiger partial charge in [0.25, 0.3) is 0 Å². The number of carbonyl (C=O) groups is 3. The Morgan fingerprint density at radius 2 is 1.60 bits per heavy atom. The molecule has 0 aliphatic heterocycles. The van der Waals surface area contributed by atoms with Gasteiger partial charge in [0.15, 0.2) is 6.04 Å². The lowest BCUT2D eigenvalue weighted by atomic mass is 10.0. The lowest BCUT2D eigenvalue weighted by Crippen LogP contribution is -2.54. The quantitative estimate of drug-likeness (QED) is 0.497. The third kappa shape index (κ3) is 7.08. The van der Waals surface area contributed by atoms with Gasteiger partial charge in [-0.3, -0.25) is 9.59 Å². The first kappa shape index (κ1) is 18.4. The van der Waals surface area contributed by atoms with E-state index in [0.717, 1.165) is 0 Å². The molecule has 0 unspecified atom stereocenters. The van der Waals surface area contributed by atoms with Gasteiger partial charge in [0.2, 0.25) is 11.8 Å². The molecule has 0 rings (SSSR count). The fourth-order valence-corrected chi connectivity index (χ4v) is 1.66.